The summed E-state index contributed by atoms with van der Waals surface area (Å²) >= 11 is 0. The second-order valence-corrected chi connectivity index (χ2v) is 15.1. The van der Waals surface area contributed by atoms with Crippen LogP contribution >= 0.6 is 0 Å². The average molecular weight is 627 g/mol. The van der Waals surface area contributed by atoms with Crippen LogP contribution in [0.4, 0.5) is 11.4 Å². The van der Waals surface area contributed by atoms with Gasteiger partial charge in [-0.1, -0.05) is 118 Å². The number of nitrogens with two attached hydrogens (primary N) is 2. The molecule has 2 aliphatic carbocycles. The molecule has 4 aromatic carbocycles. The van der Waals surface area contributed by atoms with Gasteiger partial charge in [-0.25, -0.2) is 0 Å². The van der Waals surface area contributed by atoms with E-state index >= 15 is 0 Å². The Morgan fingerprint density at radius 3 is 1.28 bits per heavy atom. The lowest BCUT2D eigenvalue weighted by molar-refractivity contribution is 0.140. The maximum absolute atomic E-state index is 5.91. The summed E-state index contributed by atoms with van der Waals surface area (Å²) in [4.78, 5) is 0. The first-order valence-corrected chi connectivity index (χ1v) is 18.9. The van der Waals surface area contributed by atoms with E-state index in [9.17, 15) is 0 Å². The van der Waals surface area contributed by atoms with Gasteiger partial charge in [0.05, 0.1) is 0 Å². The average Bonchev–Trinajstić information content (AvgIpc) is 3.12. The maximum atomic E-state index is 5.91. The van der Waals surface area contributed by atoms with Crippen molar-refractivity contribution in [1.29, 1.82) is 0 Å². The van der Waals surface area contributed by atoms with Gasteiger partial charge in [-0.05, 0) is 140 Å². The van der Waals surface area contributed by atoms with E-state index < -0.39 is 0 Å². The summed E-state index contributed by atoms with van der Waals surface area (Å²) in [6.45, 7) is 2.33. The van der Waals surface area contributed by atoms with Gasteiger partial charge in [-0.3, -0.25) is 0 Å². The molecule has 0 aliphatic heterocycles. The fraction of sp³-hybridized carbons (Fsp3) is 0.467. The number of aryl methyl sites for hydroxylation is 4. The Hall–Kier alpha value is -3.52. The van der Waals surface area contributed by atoms with Crippen LogP contribution in [0.15, 0.2) is 97.1 Å². The SMILES string of the molecule is CCCCCC1CCC(C2CCC(c3ccc(CCc4ccc(N)cc4)cc3)(c3ccc(CCc4ccc(N)cc4)cc3)CC2)CC1. The van der Waals surface area contributed by atoms with Gasteiger partial charge in [0.15, 0.2) is 0 Å². The molecule has 4 N–H and O–H groups in total. The third-order valence-corrected chi connectivity index (χ3v) is 12.0. The van der Waals surface area contributed by atoms with E-state index in [1.165, 1.54) is 110 Å². The van der Waals surface area contributed by atoms with E-state index in [0.29, 0.717) is 0 Å². The van der Waals surface area contributed by atoms with E-state index in [4.69, 9.17) is 11.5 Å². The fourth-order valence-corrected chi connectivity index (χ4v) is 8.91. The summed E-state index contributed by atoms with van der Waals surface area (Å²) < 4.78 is 0. The van der Waals surface area contributed by atoms with Crippen LogP contribution in [0, 0.1) is 17.8 Å². The van der Waals surface area contributed by atoms with Crippen LogP contribution < -0.4 is 11.5 Å². The quantitative estimate of drug-likeness (QED) is 0.115. The zero-order valence-electron chi connectivity index (χ0n) is 28.9. The van der Waals surface area contributed by atoms with Crippen molar-refractivity contribution in [2.45, 2.75) is 115 Å². The van der Waals surface area contributed by atoms with Crippen molar-refractivity contribution in [3.8, 4) is 0 Å². The van der Waals surface area contributed by atoms with Crippen molar-refractivity contribution in [2.75, 3.05) is 11.5 Å². The van der Waals surface area contributed by atoms with Crippen molar-refractivity contribution < 1.29 is 0 Å². The summed E-state index contributed by atoms with van der Waals surface area (Å²) in [5, 5.41) is 0. The van der Waals surface area contributed by atoms with E-state index in [1.807, 2.05) is 24.3 Å². The molecule has 0 atom stereocenters. The molecule has 0 spiro atoms. The number of nitrogen functional groups attached to an aromatic ring is 2. The third-order valence-electron chi connectivity index (χ3n) is 12.0. The first-order chi connectivity index (χ1) is 23.0. The van der Waals surface area contributed by atoms with Gasteiger partial charge < -0.3 is 11.5 Å². The highest BCUT2D eigenvalue weighted by molar-refractivity contribution is 5.43. The highest BCUT2D eigenvalue weighted by Crippen LogP contribution is 2.50. The molecule has 4 aromatic rings. The van der Waals surface area contributed by atoms with Gasteiger partial charge in [-0.15, -0.1) is 0 Å². The summed E-state index contributed by atoms with van der Waals surface area (Å²) in [6.07, 6.45) is 21.0. The molecule has 6 rings (SSSR count). The van der Waals surface area contributed by atoms with Crippen molar-refractivity contribution >= 4 is 11.4 Å². The highest BCUT2D eigenvalue weighted by Gasteiger charge is 2.40. The normalized spacial score (nSPS) is 19.9. The number of rotatable bonds is 13. The lowest BCUT2D eigenvalue weighted by Crippen LogP contribution is -2.36. The molecule has 0 unspecified atom stereocenters. The van der Waals surface area contributed by atoms with Gasteiger partial charge in [0.25, 0.3) is 0 Å². The largest absolute Gasteiger partial charge is 0.399 e. The summed E-state index contributed by atoms with van der Waals surface area (Å²) in [5.41, 5.74) is 22.2. The standard InChI is InChI=1S/C45H58N2/c1-2-3-4-5-34-10-20-39(21-11-34)40-30-32-45(33-31-40,41-22-12-35(13-23-41)6-8-37-16-26-43(46)27-17-37)42-24-14-36(15-25-42)7-9-38-18-28-44(47)29-19-38/h12-19,22-29,34,39-40H,2-11,20-21,30-33,46-47H2,1H3. The lowest BCUT2D eigenvalue weighted by atomic mass is 9.60. The molecule has 2 aliphatic rings. The molecule has 248 valence electrons. The predicted octanol–water partition coefficient (Wildman–Crippen LogP) is 11.3. The second-order valence-electron chi connectivity index (χ2n) is 15.1. The molecular weight excluding hydrogens is 569 g/mol. The lowest BCUT2D eigenvalue weighted by Gasteiger charge is -2.45. The van der Waals surface area contributed by atoms with E-state index in [-0.39, 0.29) is 5.41 Å². The van der Waals surface area contributed by atoms with Crippen LogP contribution in [0.5, 0.6) is 0 Å². The van der Waals surface area contributed by atoms with Crippen molar-refractivity contribution in [3.63, 3.8) is 0 Å². The molecule has 2 nitrogen and oxygen atoms in total. The third kappa shape index (κ3) is 8.69. The number of hydrogen-bond donors (Lipinski definition) is 2. The monoisotopic (exact) mass is 626 g/mol. The zero-order chi connectivity index (χ0) is 32.5. The number of anilines is 2. The molecule has 47 heavy (non-hydrogen) atoms. The maximum Gasteiger partial charge on any atom is 0.0314 e. The first-order valence-electron chi connectivity index (χ1n) is 18.9. The minimum Gasteiger partial charge on any atom is -0.399 e. The molecule has 0 aromatic heterocycles. The molecule has 2 saturated carbocycles. The summed E-state index contributed by atoms with van der Waals surface area (Å²) in [5.74, 6) is 2.84. The Morgan fingerprint density at radius 2 is 0.872 bits per heavy atom. The van der Waals surface area contributed by atoms with Crippen LogP contribution in [-0.2, 0) is 31.1 Å². The topological polar surface area (TPSA) is 52.0 Å². The molecule has 0 saturated heterocycles. The van der Waals surface area contributed by atoms with Gasteiger partial charge in [0, 0.05) is 16.8 Å². The van der Waals surface area contributed by atoms with E-state index in [0.717, 1.165) is 54.8 Å². The van der Waals surface area contributed by atoms with Crippen molar-refractivity contribution in [1.82, 2.24) is 0 Å². The van der Waals surface area contributed by atoms with Crippen LogP contribution in [0.25, 0.3) is 0 Å². The van der Waals surface area contributed by atoms with Gasteiger partial charge >= 0.3 is 0 Å². The van der Waals surface area contributed by atoms with E-state index in [1.54, 1.807) is 0 Å². The molecule has 0 amide bonds. The van der Waals surface area contributed by atoms with Crippen LogP contribution in [-0.4, -0.2) is 0 Å². The number of unbranched alkanes of at least 4 members (excludes halogenated alkanes) is 2. The molecule has 2 fully saturated rings. The van der Waals surface area contributed by atoms with Gasteiger partial charge in [0.2, 0.25) is 0 Å². The van der Waals surface area contributed by atoms with Gasteiger partial charge in [-0.2, -0.15) is 0 Å². The molecule has 0 bridgehead atoms. The van der Waals surface area contributed by atoms with Crippen LogP contribution in [0.2, 0.25) is 0 Å². The summed E-state index contributed by atoms with van der Waals surface area (Å²) in [6, 6.07) is 36.2. The minimum absolute atomic E-state index is 0.110. The first kappa shape index (κ1) is 33.4. The Balaban J connectivity index is 1.14. The van der Waals surface area contributed by atoms with Gasteiger partial charge in [0.1, 0.15) is 0 Å². The van der Waals surface area contributed by atoms with Crippen molar-refractivity contribution in [3.05, 3.63) is 130 Å². The predicted molar refractivity (Wildman–Crippen MR) is 202 cm³/mol. The molecular formula is C45H58N2. The Morgan fingerprint density at radius 1 is 0.489 bits per heavy atom. The second kappa shape index (κ2) is 16.1. The smallest absolute Gasteiger partial charge is 0.0314 e. The van der Waals surface area contributed by atoms with E-state index in [2.05, 4.69) is 79.7 Å². The zero-order valence-corrected chi connectivity index (χ0v) is 28.9. The summed E-state index contributed by atoms with van der Waals surface area (Å²) in [7, 11) is 0. The fourth-order valence-electron chi connectivity index (χ4n) is 8.91. The van der Waals surface area contributed by atoms with Crippen molar-refractivity contribution in [2.24, 2.45) is 17.8 Å². The Labute approximate surface area is 285 Å². The van der Waals surface area contributed by atoms with Crippen LogP contribution in [0.1, 0.15) is 117 Å². The number of hydrogen-bond acceptors (Lipinski definition) is 2. The Kier molecular flexibility index (Phi) is 11.4. The number of benzene rings is 4. The minimum atomic E-state index is 0.110. The Bertz CT molecular complexity index is 1390. The highest BCUT2D eigenvalue weighted by atomic mass is 14.5. The molecule has 0 heterocycles. The molecule has 2 heteroatoms. The van der Waals surface area contributed by atoms with Crippen LogP contribution in [0.3, 0.4) is 0 Å². The molecule has 0 radical (unpaired) electrons.